The van der Waals surface area contributed by atoms with Crippen molar-refractivity contribution in [3.63, 3.8) is 0 Å². The van der Waals surface area contributed by atoms with E-state index in [1.54, 1.807) is 24.1 Å². The maximum absolute atomic E-state index is 14.5. The molecule has 25 heavy (non-hydrogen) atoms. The lowest BCUT2D eigenvalue weighted by Gasteiger charge is -2.32. The van der Waals surface area contributed by atoms with Crippen LogP contribution in [0.3, 0.4) is 0 Å². The second-order valence-electron chi connectivity index (χ2n) is 6.28. The highest BCUT2D eigenvalue weighted by molar-refractivity contribution is 5.95. The van der Waals surface area contributed by atoms with E-state index >= 15 is 0 Å². The number of piperidine rings is 1. The van der Waals surface area contributed by atoms with Crippen molar-refractivity contribution in [1.29, 1.82) is 0 Å². The Kier molecular flexibility index (Phi) is 5.34. The number of carbonyl (C=O) groups is 1. The Morgan fingerprint density at radius 2 is 1.76 bits per heavy atom. The van der Waals surface area contributed by atoms with Crippen molar-refractivity contribution in [3.8, 4) is 16.9 Å². The van der Waals surface area contributed by atoms with E-state index in [2.05, 4.69) is 5.32 Å². The SMILES string of the molecule is CNC1CCN(C(=O)c2ccc(-c3ccc(OC)cc3)cc2F)CC1. The summed E-state index contributed by atoms with van der Waals surface area (Å²) in [5, 5.41) is 3.23. The topological polar surface area (TPSA) is 41.6 Å². The lowest BCUT2D eigenvalue weighted by Crippen LogP contribution is -2.44. The Labute approximate surface area is 147 Å². The molecule has 1 N–H and O–H groups in total. The largest absolute Gasteiger partial charge is 0.497 e. The van der Waals surface area contributed by atoms with Crippen LogP contribution >= 0.6 is 0 Å². The first kappa shape index (κ1) is 17.4. The monoisotopic (exact) mass is 342 g/mol. The minimum atomic E-state index is -0.478. The van der Waals surface area contributed by atoms with Gasteiger partial charge < -0.3 is 15.0 Å². The second kappa shape index (κ2) is 7.66. The van der Waals surface area contributed by atoms with Crippen molar-refractivity contribution in [1.82, 2.24) is 10.2 Å². The third-order valence-corrected chi connectivity index (χ3v) is 4.81. The molecule has 4 nitrogen and oxygen atoms in total. The van der Waals surface area contributed by atoms with Crippen LogP contribution in [0.5, 0.6) is 5.75 Å². The molecule has 1 amide bonds. The number of rotatable bonds is 4. The zero-order chi connectivity index (χ0) is 17.8. The molecule has 132 valence electrons. The Morgan fingerprint density at radius 1 is 1.12 bits per heavy atom. The highest BCUT2D eigenvalue weighted by atomic mass is 19.1. The van der Waals surface area contributed by atoms with Gasteiger partial charge in [0.05, 0.1) is 12.7 Å². The number of hydrogen-bond acceptors (Lipinski definition) is 3. The van der Waals surface area contributed by atoms with Gasteiger partial charge in [-0.3, -0.25) is 4.79 Å². The van der Waals surface area contributed by atoms with E-state index in [1.165, 1.54) is 6.07 Å². The van der Waals surface area contributed by atoms with Crippen molar-refractivity contribution in [2.45, 2.75) is 18.9 Å². The van der Waals surface area contributed by atoms with Gasteiger partial charge in [-0.15, -0.1) is 0 Å². The summed E-state index contributed by atoms with van der Waals surface area (Å²) in [5.41, 5.74) is 1.76. The molecule has 0 unspecified atom stereocenters. The van der Waals surface area contributed by atoms with Gasteiger partial charge >= 0.3 is 0 Å². The van der Waals surface area contributed by atoms with E-state index in [0.29, 0.717) is 19.1 Å². The standard InChI is InChI=1S/C20H23FN2O2/c1-22-16-9-11-23(12-10-16)20(24)18-8-5-15(13-19(18)21)14-3-6-17(25-2)7-4-14/h3-8,13,16,22H,9-12H2,1-2H3. The van der Waals surface area contributed by atoms with E-state index in [1.807, 2.05) is 31.3 Å². The summed E-state index contributed by atoms with van der Waals surface area (Å²) >= 11 is 0. The molecule has 0 saturated carbocycles. The van der Waals surface area contributed by atoms with Crippen LogP contribution in [0, 0.1) is 5.82 Å². The first-order valence-electron chi connectivity index (χ1n) is 8.53. The summed E-state index contributed by atoms with van der Waals surface area (Å²) in [5.74, 6) is 0.0448. The molecular weight excluding hydrogens is 319 g/mol. The van der Waals surface area contributed by atoms with Crippen LogP contribution in [0.25, 0.3) is 11.1 Å². The predicted octanol–water partition coefficient (Wildman–Crippen LogP) is 3.33. The molecule has 1 fully saturated rings. The molecule has 0 radical (unpaired) electrons. The van der Waals surface area contributed by atoms with Gasteiger partial charge in [0.25, 0.3) is 5.91 Å². The van der Waals surface area contributed by atoms with Crippen LogP contribution in [0.1, 0.15) is 23.2 Å². The lowest BCUT2D eigenvalue weighted by molar-refractivity contribution is 0.0702. The molecule has 0 atom stereocenters. The molecule has 3 rings (SSSR count). The Hall–Kier alpha value is -2.40. The second-order valence-corrected chi connectivity index (χ2v) is 6.28. The van der Waals surface area contributed by atoms with E-state index in [4.69, 9.17) is 4.74 Å². The van der Waals surface area contributed by atoms with Crippen LogP contribution in [-0.4, -0.2) is 44.1 Å². The van der Waals surface area contributed by atoms with Gasteiger partial charge in [0.15, 0.2) is 0 Å². The Balaban J connectivity index is 1.76. The smallest absolute Gasteiger partial charge is 0.256 e. The van der Waals surface area contributed by atoms with Gasteiger partial charge in [-0.05, 0) is 55.3 Å². The molecular formula is C20H23FN2O2. The quantitative estimate of drug-likeness (QED) is 0.927. The molecule has 0 bridgehead atoms. The van der Waals surface area contributed by atoms with Gasteiger partial charge in [-0.25, -0.2) is 4.39 Å². The summed E-state index contributed by atoms with van der Waals surface area (Å²) in [6, 6.07) is 12.6. The summed E-state index contributed by atoms with van der Waals surface area (Å²) in [7, 11) is 3.54. The lowest BCUT2D eigenvalue weighted by atomic mass is 10.0. The average molecular weight is 342 g/mol. The number of nitrogens with one attached hydrogen (secondary N) is 1. The van der Waals surface area contributed by atoms with E-state index in [9.17, 15) is 9.18 Å². The molecule has 2 aromatic carbocycles. The molecule has 5 heteroatoms. The van der Waals surface area contributed by atoms with Crippen molar-refractivity contribution in [2.75, 3.05) is 27.2 Å². The zero-order valence-electron chi connectivity index (χ0n) is 14.6. The molecule has 0 spiro atoms. The number of likely N-dealkylation sites (tertiary alicyclic amines) is 1. The number of nitrogens with zero attached hydrogens (tertiary/aromatic N) is 1. The fraction of sp³-hybridized carbons (Fsp3) is 0.350. The van der Waals surface area contributed by atoms with Gasteiger partial charge in [0.1, 0.15) is 11.6 Å². The normalized spacial score (nSPS) is 15.2. The van der Waals surface area contributed by atoms with Crippen LogP contribution in [0.2, 0.25) is 0 Å². The third kappa shape index (κ3) is 3.82. The molecule has 0 aromatic heterocycles. The maximum Gasteiger partial charge on any atom is 0.256 e. The number of ether oxygens (including phenoxy) is 1. The number of amides is 1. The van der Waals surface area contributed by atoms with E-state index in [0.717, 1.165) is 29.7 Å². The Morgan fingerprint density at radius 3 is 2.32 bits per heavy atom. The third-order valence-electron chi connectivity index (χ3n) is 4.81. The molecule has 1 aliphatic rings. The minimum absolute atomic E-state index is 0.139. The molecule has 1 saturated heterocycles. The first-order valence-corrected chi connectivity index (χ1v) is 8.53. The summed E-state index contributed by atoms with van der Waals surface area (Å²) in [6.45, 7) is 1.31. The van der Waals surface area contributed by atoms with Gasteiger partial charge in [-0.1, -0.05) is 18.2 Å². The van der Waals surface area contributed by atoms with E-state index < -0.39 is 5.82 Å². The minimum Gasteiger partial charge on any atom is -0.497 e. The average Bonchev–Trinajstić information content (AvgIpc) is 2.67. The summed E-state index contributed by atoms with van der Waals surface area (Å²) in [4.78, 5) is 14.3. The van der Waals surface area contributed by atoms with E-state index in [-0.39, 0.29) is 11.5 Å². The number of benzene rings is 2. The maximum atomic E-state index is 14.5. The van der Waals surface area contributed by atoms with Crippen molar-refractivity contribution in [2.24, 2.45) is 0 Å². The van der Waals surface area contributed by atoms with Gasteiger partial charge in [0.2, 0.25) is 0 Å². The predicted molar refractivity (Wildman–Crippen MR) is 96.4 cm³/mol. The van der Waals surface area contributed by atoms with Crippen molar-refractivity contribution < 1.29 is 13.9 Å². The number of methoxy groups -OCH3 is 1. The fourth-order valence-corrected chi connectivity index (χ4v) is 3.19. The summed E-state index contributed by atoms with van der Waals surface area (Å²) < 4.78 is 19.7. The summed E-state index contributed by atoms with van der Waals surface area (Å²) in [6.07, 6.45) is 1.79. The van der Waals surface area contributed by atoms with Gasteiger partial charge in [-0.2, -0.15) is 0 Å². The van der Waals surface area contributed by atoms with Crippen LogP contribution in [0.4, 0.5) is 4.39 Å². The molecule has 1 aliphatic heterocycles. The van der Waals surface area contributed by atoms with Crippen LogP contribution < -0.4 is 10.1 Å². The van der Waals surface area contributed by atoms with Crippen LogP contribution in [-0.2, 0) is 0 Å². The number of halogens is 1. The molecule has 0 aliphatic carbocycles. The molecule has 1 heterocycles. The van der Waals surface area contributed by atoms with Crippen molar-refractivity contribution in [3.05, 3.63) is 53.8 Å². The van der Waals surface area contributed by atoms with Crippen LogP contribution in [0.15, 0.2) is 42.5 Å². The van der Waals surface area contributed by atoms with Gasteiger partial charge in [0, 0.05) is 19.1 Å². The zero-order valence-corrected chi connectivity index (χ0v) is 14.6. The molecule has 2 aromatic rings. The number of carbonyl (C=O) groups excluding carboxylic acids is 1. The fourth-order valence-electron chi connectivity index (χ4n) is 3.19. The first-order chi connectivity index (χ1) is 12.1. The Bertz CT molecular complexity index is 738. The van der Waals surface area contributed by atoms with Crippen molar-refractivity contribution >= 4 is 5.91 Å². The highest BCUT2D eigenvalue weighted by Gasteiger charge is 2.24. The highest BCUT2D eigenvalue weighted by Crippen LogP contribution is 2.25. The number of hydrogen-bond donors (Lipinski definition) is 1.